The van der Waals surface area contributed by atoms with Gasteiger partial charge in [0.1, 0.15) is 0 Å². The van der Waals surface area contributed by atoms with Crippen LogP contribution in [0, 0.1) is 11.8 Å². The van der Waals surface area contributed by atoms with E-state index in [-0.39, 0.29) is 0 Å². The molecular formula is C19H18. The van der Waals surface area contributed by atoms with Crippen molar-refractivity contribution in [1.29, 1.82) is 0 Å². The van der Waals surface area contributed by atoms with Crippen LogP contribution in [0.4, 0.5) is 0 Å². The van der Waals surface area contributed by atoms with E-state index in [1.165, 1.54) is 23.1 Å². The lowest BCUT2D eigenvalue weighted by Gasteiger charge is -2.09. The number of benzene rings is 1. The van der Waals surface area contributed by atoms with E-state index in [2.05, 4.69) is 55.7 Å². The molecule has 0 nitrogen and oxygen atoms in total. The number of fused-ring (bicyclic) bond motifs is 1. The minimum Gasteiger partial charge on any atom is -0.0990 e. The maximum Gasteiger partial charge on any atom is -0.0155 e. The molecule has 0 radical (unpaired) electrons. The van der Waals surface area contributed by atoms with Gasteiger partial charge in [-0.1, -0.05) is 67.8 Å². The van der Waals surface area contributed by atoms with Crippen LogP contribution < -0.4 is 0 Å². The lowest BCUT2D eigenvalue weighted by molar-refractivity contribution is 0.985. The van der Waals surface area contributed by atoms with Gasteiger partial charge in [0.2, 0.25) is 0 Å². The fourth-order valence-electron chi connectivity index (χ4n) is 2.64. The second-order valence-electron chi connectivity index (χ2n) is 5.19. The summed E-state index contributed by atoms with van der Waals surface area (Å²) in [5.41, 5.74) is 4.94. The van der Waals surface area contributed by atoms with Gasteiger partial charge in [-0.05, 0) is 46.6 Å². The second kappa shape index (κ2) is 4.89. The number of hydrogen-bond donors (Lipinski definition) is 0. The molecule has 0 amide bonds. The summed E-state index contributed by atoms with van der Waals surface area (Å²) in [6.07, 6.45) is 14.0. The first kappa shape index (κ1) is 12.0. The summed E-state index contributed by atoms with van der Waals surface area (Å²) in [6.45, 7) is 7.63. The van der Waals surface area contributed by atoms with Gasteiger partial charge in [0.15, 0.2) is 0 Å². The molecule has 0 spiro atoms. The summed E-state index contributed by atoms with van der Waals surface area (Å²) in [4.78, 5) is 0. The van der Waals surface area contributed by atoms with E-state index in [4.69, 9.17) is 0 Å². The minimum absolute atomic E-state index is 0.784. The maximum atomic E-state index is 3.87. The first-order valence-corrected chi connectivity index (χ1v) is 6.78. The van der Waals surface area contributed by atoms with Crippen molar-refractivity contribution in [1.82, 2.24) is 0 Å². The van der Waals surface area contributed by atoms with Crippen molar-refractivity contribution in [3.8, 4) is 0 Å². The summed E-state index contributed by atoms with van der Waals surface area (Å²) < 4.78 is 0. The highest BCUT2D eigenvalue weighted by molar-refractivity contribution is 5.81. The zero-order valence-electron chi connectivity index (χ0n) is 11.0. The smallest absolute Gasteiger partial charge is 0.0155 e. The molecule has 0 saturated heterocycles. The molecule has 3 rings (SSSR count). The molecule has 2 unspecified atom stereocenters. The average molecular weight is 246 g/mol. The van der Waals surface area contributed by atoms with Crippen molar-refractivity contribution in [3.63, 3.8) is 0 Å². The molecule has 0 bridgehead atoms. The summed E-state index contributed by atoms with van der Waals surface area (Å²) in [5.74, 6) is 1.60. The molecule has 0 heteroatoms. The fourth-order valence-corrected chi connectivity index (χ4v) is 2.64. The first-order valence-electron chi connectivity index (χ1n) is 6.78. The highest BCUT2D eigenvalue weighted by atomic mass is 14.4. The molecule has 2 aliphatic rings. The summed E-state index contributed by atoms with van der Waals surface area (Å²) >= 11 is 0. The Hall–Kier alpha value is -2.08. The van der Waals surface area contributed by atoms with Crippen LogP contribution in [0.15, 0.2) is 73.9 Å². The molecule has 1 aromatic carbocycles. The topological polar surface area (TPSA) is 0 Å². The van der Waals surface area contributed by atoms with Gasteiger partial charge in [0, 0.05) is 0 Å². The summed E-state index contributed by atoms with van der Waals surface area (Å²) in [7, 11) is 0. The molecule has 94 valence electrons. The quantitative estimate of drug-likeness (QED) is 0.653. The van der Waals surface area contributed by atoms with Crippen LogP contribution in [0.3, 0.4) is 0 Å². The zero-order chi connectivity index (χ0) is 13.2. The third-order valence-electron chi connectivity index (χ3n) is 3.85. The Labute approximate surface area is 115 Å². The molecule has 1 aromatic rings. The summed E-state index contributed by atoms with van der Waals surface area (Å²) in [5, 5.41) is 0. The number of hydrogen-bond acceptors (Lipinski definition) is 0. The molecule has 0 aromatic heterocycles. The SMILES string of the molecule is C=C/C=C(\C=C)c1cccc(C2=CC3CC3C=C2)c1. The standard InChI is InChI=1S/C19H18/c1-3-6-14(4-2)15-7-5-8-16(11-15)17-9-10-18-13-19(18)12-17/h3-12,18-19H,1-2,13H2/b14-6+. The van der Waals surface area contributed by atoms with Crippen molar-refractivity contribution in [2.75, 3.05) is 0 Å². The van der Waals surface area contributed by atoms with E-state index < -0.39 is 0 Å². The molecule has 0 heterocycles. The van der Waals surface area contributed by atoms with Gasteiger partial charge >= 0.3 is 0 Å². The Morgan fingerprint density at radius 2 is 2.11 bits per heavy atom. The van der Waals surface area contributed by atoms with E-state index in [1.54, 1.807) is 6.08 Å². The van der Waals surface area contributed by atoms with Crippen molar-refractivity contribution < 1.29 is 0 Å². The van der Waals surface area contributed by atoms with Crippen LogP contribution >= 0.6 is 0 Å². The second-order valence-corrected chi connectivity index (χ2v) is 5.19. The maximum absolute atomic E-state index is 3.87. The molecular weight excluding hydrogens is 228 g/mol. The van der Waals surface area contributed by atoms with Crippen LogP contribution in [0.1, 0.15) is 17.5 Å². The lowest BCUT2D eigenvalue weighted by Crippen LogP contribution is -1.90. The van der Waals surface area contributed by atoms with Crippen molar-refractivity contribution in [2.24, 2.45) is 11.8 Å². The Morgan fingerprint density at radius 1 is 1.21 bits per heavy atom. The van der Waals surface area contributed by atoms with Gasteiger partial charge in [-0.15, -0.1) is 0 Å². The fraction of sp³-hybridized carbons (Fsp3) is 0.158. The number of allylic oxidation sites excluding steroid dienone is 8. The minimum atomic E-state index is 0.784. The van der Waals surface area contributed by atoms with Gasteiger partial charge in [-0.25, -0.2) is 0 Å². The van der Waals surface area contributed by atoms with E-state index in [1.807, 2.05) is 12.2 Å². The first-order chi connectivity index (χ1) is 9.31. The van der Waals surface area contributed by atoms with E-state index in [0.717, 1.165) is 17.4 Å². The molecule has 2 atom stereocenters. The van der Waals surface area contributed by atoms with Gasteiger partial charge in [0.05, 0.1) is 0 Å². The third kappa shape index (κ3) is 2.39. The average Bonchev–Trinajstić information content (AvgIpc) is 3.23. The van der Waals surface area contributed by atoms with Crippen molar-refractivity contribution >= 4 is 11.1 Å². The lowest BCUT2D eigenvalue weighted by atomic mass is 9.96. The van der Waals surface area contributed by atoms with Gasteiger partial charge < -0.3 is 0 Å². The predicted molar refractivity (Wildman–Crippen MR) is 83.5 cm³/mol. The van der Waals surface area contributed by atoms with Gasteiger partial charge in [-0.2, -0.15) is 0 Å². The van der Waals surface area contributed by atoms with Crippen LogP contribution in [0.5, 0.6) is 0 Å². The van der Waals surface area contributed by atoms with Crippen molar-refractivity contribution in [3.05, 3.63) is 85.0 Å². The van der Waals surface area contributed by atoms with E-state index in [0.29, 0.717) is 0 Å². The Morgan fingerprint density at radius 3 is 2.84 bits per heavy atom. The molecule has 1 fully saturated rings. The van der Waals surface area contributed by atoms with Crippen molar-refractivity contribution in [2.45, 2.75) is 6.42 Å². The normalized spacial score (nSPS) is 24.4. The Balaban J connectivity index is 1.96. The number of rotatable bonds is 4. The predicted octanol–water partition coefficient (Wildman–Crippen LogP) is 5.03. The third-order valence-corrected chi connectivity index (χ3v) is 3.85. The molecule has 2 aliphatic carbocycles. The van der Waals surface area contributed by atoms with Gasteiger partial charge in [0.25, 0.3) is 0 Å². The highest BCUT2D eigenvalue weighted by Gasteiger charge is 2.34. The van der Waals surface area contributed by atoms with Crippen LogP contribution in [0.2, 0.25) is 0 Å². The monoisotopic (exact) mass is 246 g/mol. The van der Waals surface area contributed by atoms with E-state index in [9.17, 15) is 0 Å². The molecule has 19 heavy (non-hydrogen) atoms. The largest absolute Gasteiger partial charge is 0.0990 e. The molecule has 0 aliphatic heterocycles. The van der Waals surface area contributed by atoms with E-state index >= 15 is 0 Å². The molecule has 1 saturated carbocycles. The van der Waals surface area contributed by atoms with Crippen LogP contribution in [-0.4, -0.2) is 0 Å². The molecule has 0 N–H and O–H groups in total. The van der Waals surface area contributed by atoms with Gasteiger partial charge in [-0.3, -0.25) is 0 Å². The van der Waals surface area contributed by atoms with Crippen LogP contribution in [-0.2, 0) is 0 Å². The summed E-state index contributed by atoms with van der Waals surface area (Å²) in [6, 6.07) is 8.64. The van der Waals surface area contributed by atoms with Crippen LogP contribution in [0.25, 0.3) is 11.1 Å². The Bertz CT molecular complexity index is 611. The zero-order valence-corrected chi connectivity index (χ0v) is 11.0. The Kier molecular flexibility index (Phi) is 3.08. The highest BCUT2D eigenvalue weighted by Crippen LogP contribution is 2.46.